The molecule has 200 valence electrons. The molecule has 11 heteroatoms. The maximum atomic E-state index is 14.1. The Morgan fingerprint density at radius 3 is 2.26 bits per heavy atom. The van der Waals surface area contributed by atoms with Gasteiger partial charge in [-0.15, -0.1) is 0 Å². The van der Waals surface area contributed by atoms with Gasteiger partial charge in [0.2, 0.25) is 5.91 Å². The fourth-order valence-corrected chi connectivity index (χ4v) is 5.29. The van der Waals surface area contributed by atoms with E-state index in [4.69, 9.17) is 20.9 Å². The molecule has 0 saturated heterocycles. The van der Waals surface area contributed by atoms with Crippen LogP contribution in [0.5, 0.6) is 11.5 Å². The number of carbonyl (C=O) groups excluding carboxylic acids is 3. The summed E-state index contributed by atoms with van der Waals surface area (Å²) in [5.41, 5.74) is 12.2. The quantitative estimate of drug-likeness (QED) is 0.357. The maximum absolute atomic E-state index is 14.1. The summed E-state index contributed by atoms with van der Waals surface area (Å²) in [7, 11) is 1.55. The number of primary amides is 1. The van der Waals surface area contributed by atoms with Crippen LogP contribution in [-0.2, 0) is 4.79 Å². The first kappa shape index (κ1) is 26.9. The van der Waals surface area contributed by atoms with E-state index >= 15 is 0 Å². The third kappa shape index (κ3) is 5.72. The fourth-order valence-electron chi connectivity index (χ4n) is 4.55. The normalized spacial score (nSPS) is 14.1. The van der Waals surface area contributed by atoms with E-state index in [2.05, 4.69) is 9.69 Å². The number of ether oxygens (including phenoxy) is 2. The van der Waals surface area contributed by atoms with E-state index < -0.39 is 17.9 Å². The van der Waals surface area contributed by atoms with Gasteiger partial charge < -0.3 is 26.3 Å². The zero-order valence-electron chi connectivity index (χ0n) is 21.3. The smallest absolute Gasteiger partial charge is 0.273 e. The van der Waals surface area contributed by atoms with E-state index in [1.807, 2.05) is 6.92 Å². The van der Waals surface area contributed by atoms with Gasteiger partial charge in [0.1, 0.15) is 22.4 Å². The molecule has 0 unspecified atom stereocenters. The van der Waals surface area contributed by atoms with E-state index in [-0.39, 0.29) is 28.2 Å². The van der Waals surface area contributed by atoms with Crippen LogP contribution in [0.2, 0.25) is 0 Å². The standard InChI is InChI=1S/C27H31N5O5S/c1-3-37-20-14-10-18(11-15-20)32(27(35)24-21(28)22(25(29)33)31-38-24)23(16-8-12-19(36-2)13-9-16)26(34)30-17-6-4-5-7-17/h8-15,17,23H,3-7,28H2,1-2H3,(H2,29,33)(H,30,34)/t23-/m0/s1. The van der Waals surface area contributed by atoms with Gasteiger partial charge in [0, 0.05) is 11.7 Å². The van der Waals surface area contributed by atoms with Crippen molar-refractivity contribution in [2.24, 2.45) is 5.73 Å². The number of amides is 3. The molecule has 0 bridgehead atoms. The Labute approximate surface area is 225 Å². The molecule has 1 atom stereocenters. The zero-order chi connectivity index (χ0) is 27.2. The van der Waals surface area contributed by atoms with Gasteiger partial charge in [0.25, 0.3) is 11.8 Å². The first-order chi connectivity index (χ1) is 18.3. The molecule has 1 aliphatic rings. The average molecular weight is 538 g/mol. The van der Waals surface area contributed by atoms with Gasteiger partial charge in [0.05, 0.1) is 19.4 Å². The molecule has 0 aliphatic heterocycles. The molecule has 10 nitrogen and oxygen atoms in total. The number of hydrogen-bond donors (Lipinski definition) is 3. The third-order valence-corrected chi connectivity index (χ3v) is 7.29. The summed E-state index contributed by atoms with van der Waals surface area (Å²) < 4.78 is 14.9. The van der Waals surface area contributed by atoms with Crippen molar-refractivity contribution >= 4 is 40.6 Å². The molecule has 3 aromatic rings. The minimum absolute atomic E-state index is 0.0138. The first-order valence-electron chi connectivity index (χ1n) is 12.4. The lowest BCUT2D eigenvalue weighted by Crippen LogP contribution is -2.46. The van der Waals surface area contributed by atoms with E-state index in [1.165, 1.54) is 4.90 Å². The predicted molar refractivity (Wildman–Crippen MR) is 146 cm³/mol. The zero-order valence-corrected chi connectivity index (χ0v) is 22.1. The number of nitrogens with zero attached hydrogens (tertiary/aromatic N) is 2. The van der Waals surface area contributed by atoms with Gasteiger partial charge in [-0.1, -0.05) is 25.0 Å². The van der Waals surface area contributed by atoms with Crippen LogP contribution in [0.1, 0.15) is 64.4 Å². The molecule has 2 aromatic carbocycles. The van der Waals surface area contributed by atoms with Gasteiger partial charge >= 0.3 is 0 Å². The van der Waals surface area contributed by atoms with Crippen molar-refractivity contribution in [3.8, 4) is 11.5 Å². The van der Waals surface area contributed by atoms with Crippen LogP contribution in [0.3, 0.4) is 0 Å². The Balaban J connectivity index is 1.84. The van der Waals surface area contributed by atoms with Gasteiger partial charge in [-0.2, -0.15) is 4.37 Å². The highest BCUT2D eigenvalue weighted by Crippen LogP contribution is 2.35. The molecule has 3 amide bonds. The van der Waals surface area contributed by atoms with Gasteiger partial charge in [0.15, 0.2) is 5.69 Å². The SMILES string of the molecule is CCOc1ccc(N(C(=O)c2snc(C(N)=O)c2N)[C@H](C(=O)NC2CCCC2)c2ccc(OC)cc2)cc1. The highest BCUT2D eigenvalue weighted by atomic mass is 32.1. The molecular weight excluding hydrogens is 506 g/mol. The lowest BCUT2D eigenvalue weighted by atomic mass is 10.0. The van der Waals surface area contributed by atoms with Crippen LogP contribution in [0.25, 0.3) is 0 Å². The summed E-state index contributed by atoms with van der Waals surface area (Å²) in [4.78, 5) is 41.2. The number of nitrogen functional groups attached to an aromatic ring is 1. The monoisotopic (exact) mass is 537 g/mol. The summed E-state index contributed by atoms with van der Waals surface area (Å²) in [6, 6.07) is 12.8. The highest BCUT2D eigenvalue weighted by molar-refractivity contribution is 7.09. The Morgan fingerprint density at radius 2 is 1.71 bits per heavy atom. The number of nitrogens with one attached hydrogen (secondary N) is 1. The van der Waals surface area contributed by atoms with Crippen molar-refractivity contribution in [2.75, 3.05) is 24.4 Å². The van der Waals surface area contributed by atoms with Crippen molar-refractivity contribution in [3.05, 3.63) is 64.7 Å². The van der Waals surface area contributed by atoms with Gasteiger partial charge in [-0.25, -0.2) is 0 Å². The molecule has 5 N–H and O–H groups in total. The van der Waals surface area contributed by atoms with E-state index in [1.54, 1.807) is 55.6 Å². The predicted octanol–water partition coefficient (Wildman–Crippen LogP) is 3.68. The van der Waals surface area contributed by atoms with Crippen LogP contribution in [0.15, 0.2) is 48.5 Å². The summed E-state index contributed by atoms with van der Waals surface area (Å²) >= 11 is 0.767. The minimum Gasteiger partial charge on any atom is -0.497 e. The van der Waals surface area contributed by atoms with Crippen LogP contribution < -0.4 is 31.2 Å². The summed E-state index contributed by atoms with van der Waals surface area (Å²) in [5, 5.41) is 3.13. The van der Waals surface area contributed by atoms with Crippen molar-refractivity contribution in [1.29, 1.82) is 0 Å². The molecule has 0 spiro atoms. The van der Waals surface area contributed by atoms with Crippen LogP contribution in [0, 0.1) is 0 Å². The first-order valence-corrected chi connectivity index (χ1v) is 13.2. The van der Waals surface area contributed by atoms with Crippen molar-refractivity contribution < 1.29 is 23.9 Å². The Kier molecular flexibility index (Phi) is 8.47. The van der Waals surface area contributed by atoms with E-state index in [0.717, 1.165) is 37.2 Å². The molecule has 1 aromatic heterocycles. The number of aromatic nitrogens is 1. The van der Waals surface area contributed by atoms with Crippen molar-refractivity contribution in [1.82, 2.24) is 9.69 Å². The molecule has 38 heavy (non-hydrogen) atoms. The van der Waals surface area contributed by atoms with E-state index in [9.17, 15) is 14.4 Å². The lowest BCUT2D eigenvalue weighted by molar-refractivity contribution is -0.123. The second-order valence-electron chi connectivity index (χ2n) is 8.91. The molecule has 1 heterocycles. The Morgan fingerprint density at radius 1 is 1.08 bits per heavy atom. The number of carbonyl (C=O) groups is 3. The number of methoxy groups -OCH3 is 1. The molecule has 0 radical (unpaired) electrons. The van der Waals surface area contributed by atoms with Crippen molar-refractivity contribution in [2.45, 2.75) is 44.7 Å². The highest BCUT2D eigenvalue weighted by Gasteiger charge is 2.37. The molecule has 1 saturated carbocycles. The van der Waals surface area contributed by atoms with Gasteiger partial charge in [-0.05, 0) is 73.3 Å². The van der Waals surface area contributed by atoms with Crippen LogP contribution >= 0.6 is 11.5 Å². The summed E-state index contributed by atoms with van der Waals surface area (Å²) in [6.07, 6.45) is 3.82. The number of benzene rings is 2. The second kappa shape index (κ2) is 12.0. The summed E-state index contributed by atoms with van der Waals surface area (Å²) in [5.74, 6) is -0.522. The molecule has 4 rings (SSSR count). The second-order valence-corrected chi connectivity index (χ2v) is 9.68. The minimum atomic E-state index is -1.05. The third-order valence-electron chi connectivity index (χ3n) is 6.44. The topological polar surface area (TPSA) is 150 Å². The van der Waals surface area contributed by atoms with E-state index in [0.29, 0.717) is 29.4 Å². The van der Waals surface area contributed by atoms with Crippen LogP contribution in [-0.4, -0.2) is 41.9 Å². The number of nitrogens with two attached hydrogens (primary N) is 2. The van der Waals surface area contributed by atoms with Crippen molar-refractivity contribution in [3.63, 3.8) is 0 Å². The number of hydrogen-bond acceptors (Lipinski definition) is 8. The molecule has 1 fully saturated rings. The average Bonchev–Trinajstić information content (AvgIpc) is 3.57. The van der Waals surface area contributed by atoms with Crippen LogP contribution in [0.4, 0.5) is 11.4 Å². The fraction of sp³-hybridized carbons (Fsp3) is 0.333. The Hall–Kier alpha value is -4.12. The number of rotatable bonds is 10. The maximum Gasteiger partial charge on any atom is 0.273 e. The molecular formula is C27H31N5O5S. The summed E-state index contributed by atoms with van der Waals surface area (Å²) in [6.45, 7) is 2.35. The molecule has 1 aliphatic carbocycles. The van der Waals surface area contributed by atoms with Gasteiger partial charge in [-0.3, -0.25) is 19.3 Å². The lowest BCUT2D eigenvalue weighted by Gasteiger charge is -2.32. The largest absolute Gasteiger partial charge is 0.497 e. The number of anilines is 2. The Bertz CT molecular complexity index is 1290.